The van der Waals surface area contributed by atoms with E-state index in [2.05, 4.69) is 17.0 Å². The Kier molecular flexibility index (Phi) is 9.68. The Morgan fingerprint density at radius 3 is 2.21 bits per heavy atom. The lowest BCUT2D eigenvalue weighted by molar-refractivity contribution is -0.152. The van der Waals surface area contributed by atoms with Crippen LogP contribution in [0.4, 0.5) is 0 Å². The third kappa shape index (κ3) is 6.31. The topological polar surface area (TPSA) is 38.8 Å². The average molecular weight is 462 g/mol. The zero-order chi connectivity index (χ0) is 19.7. The number of esters is 1. The van der Waals surface area contributed by atoms with Gasteiger partial charge in [0, 0.05) is 0 Å². The molecule has 0 aromatic heterocycles. The molecule has 0 spiro atoms. The third-order valence-electron chi connectivity index (χ3n) is 5.58. The zero-order valence-corrected chi connectivity index (χ0v) is 18.9. The highest BCUT2D eigenvalue weighted by Crippen LogP contribution is 2.37. The lowest BCUT2D eigenvalue weighted by Crippen LogP contribution is -2.48. The Hall–Kier alpha value is -1.85. The molecule has 1 fully saturated rings. The predicted octanol–water partition coefficient (Wildman–Crippen LogP) is 5.02. The second-order valence-electron chi connectivity index (χ2n) is 7.38. The standard InChI is InChI=1S/C24H31NO3.BrH/c1-2-27-23(26)24(21-11-5-3-6-12-21)15-18-25(19-16-24)17-9-10-20-28-22-13-7-4-8-14-22;/h3-8,11-14H,2,9-10,15-20H2,1H3;1H. The maximum absolute atomic E-state index is 12.8. The summed E-state index contributed by atoms with van der Waals surface area (Å²) in [5.41, 5.74) is 0.592. The van der Waals surface area contributed by atoms with Crippen LogP contribution in [0.2, 0.25) is 0 Å². The third-order valence-corrected chi connectivity index (χ3v) is 5.58. The van der Waals surface area contributed by atoms with Gasteiger partial charge >= 0.3 is 5.97 Å². The van der Waals surface area contributed by atoms with Gasteiger partial charge in [-0.15, -0.1) is 17.0 Å². The Labute approximate surface area is 185 Å². The van der Waals surface area contributed by atoms with E-state index in [1.807, 2.05) is 55.5 Å². The maximum Gasteiger partial charge on any atom is 0.316 e. The molecule has 2 aromatic carbocycles. The van der Waals surface area contributed by atoms with Crippen molar-refractivity contribution in [3.8, 4) is 5.75 Å². The molecule has 1 heterocycles. The van der Waals surface area contributed by atoms with Gasteiger partial charge in [0.1, 0.15) is 5.75 Å². The largest absolute Gasteiger partial charge is 0.494 e. The molecule has 4 nitrogen and oxygen atoms in total. The van der Waals surface area contributed by atoms with Crippen molar-refractivity contribution >= 4 is 23.0 Å². The van der Waals surface area contributed by atoms with Gasteiger partial charge in [-0.2, -0.15) is 0 Å². The molecule has 1 aliphatic heterocycles. The molecule has 5 heteroatoms. The fourth-order valence-corrected chi connectivity index (χ4v) is 3.94. The minimum absolute atomic E-state index is 0. The van der Waals surface area contributed by atoms with Crippen LogP contribution in [0, 0.1) is 0 Å². The second kappa shape index (κ2) is 12.0. The number of hydrogen-bond donors (Lipinski definition) is 0. The van der Waals surface area contributed by atoms with E-state index in [-0.39, 0.29) is 23.0 Å². The number of carbonyl (C=O) groups is 1. The van der Waals surface area contributed by atoms with E-state index in [0.717, 1.165) is 63.2 Å². The molecule has 0 saturated carbocycles. The molecule has 0 radical (unpaired) electrons. The first-order chi connectivity index (χ1) is 13.7. The summed E-state index contributed by atoms with van der Waals surface area (Å²) in [6.07, 6.45) is 3.77. The van der Waals surface area contributed by atoms with Crippen molar-refractivity contribution in [3.63, 3.8) is 0 Å². The van der Waals surface area contributed by atoms with E-state index in [4.69, 9.17) is 9.47 Å². The number of halogens is 1. The first-order valence-corrected chi connectivity index (χ1v) is 10.4. The molecule has 1 aliphatic rings. The number of hydrogen-bond acceptors (Lipinski definition) is 4. The van der Waals surface area contributed by atoms with Crippen molar-refractivity contribution in [2.24, 2.45) is 0 Å². The molecule has 3 rings (SSSR count). The van der Waals surface area contributed by atoms with Crippen molar-refractivity contribution in [3.05, 3.63) is 66.2 Å². The molecule has 0 N–H and O–H groups in total. The van der Waals surface area contributed by atoms with Crippen LogP contribution < -0.4 is 4.74 Å². The van der Waals surface area contributed by atoms with Gasteiger partial charge in [-0.05, 0) is 69.9 Å². The first-order valence-electron chi connectivity index (χ1n) is 10.4. The van der Waals surface area contributed by atoms with Crippen LogP contribution >= 0.6 is 17.0 Å². The van der Waals surface area contributed by atoms with E-state index in [9.17, 15) is 4.79 Å². The summed E-state index contributed by atoms with van der Waals surface area (Å²) < 4.78 is 11.2. The number of benzene rings is 2. The number of likely N-dealkylation sites (tertiary alicyclic amines) is 1. The number of ether oxygens (including phenoxy) is 2. The van der Waals surface area contributed by atoms with Crippen molar-refractivity contribution in [1.82, 2.24) is 4.90 Å². The van der Waals surface area contributed by atoms with Crippen LogP contribution in [-0.4, -0.2) is 43.7 Å². The summed E-state index contributed by atoms with van der Waals surface area (Å²) in [6, 6.07) is 20.1. The molecular formula is C24H32BrNO3. The fraction of sp³-hybridized carbons (Fsp3) is 0.458. The SMILES string of the molecule is Br.CCOC(=O)C1(c2ccccc2)CCN(CCCCOc2ccccc2)CC1. The summed E-state index contributed by atoms with van der Waals surface area (Å²) >= 11 is 0. The summed E-state index contributed by atoms with van der Waals surface area (Å²) in [4.78, 5) is 15.3. The van der Waals surface area contributed by atoms with Crippen LogP contribution in [0.15, 0.2) is 60.7 Å². The average Bonchev–Trinajstić information content (AvgIpc) is 2.75. The highest BCUT2D eigenvalue weighted by Gasteiger charge is 2.43. The van der Waals surface area contributed by atoms with Crippen molar-refractivity contribution in [1.29, 1.82) is 0 Å². The summed E-state index contributed by atoms with van der Waals surface area (Å²) in [7, 11) is 0. The van der Waals surface area contributed by atoms with Crippen LogP contribution in [0.1, 0.15) is 38.2 Å². The molecule has 0 unspecified atom stereocenters. The van der Waals surface area contributed by atoms with Crippen LogP contribution in [0.5, 0.6) is 5.75 Å². The van der Waals surface area contributed by atoms with Crippen molar-refractivity contribution in [2.75, 3.05) is 32.8 Å². The van der Waals surface area contributed by atoms with E-state index in [0.29, 0.717) is 6.61 Å². The highest BCUT2D eigenvalue weighted by molar-refractivity contribution is 8.93. The lowest BCUT2D eigenvalue weighted by atomic mass is 9.72. The molecule has 0 bridgehead atoms. The fourth-order valence-electron chi connectivity index (χ4n) is 3.94. The van der Waals surface area contributed by atoms with Crippen LogP contribution in [-0.2, 0) is 14.9 Å². The van der Waals surface area contributed by atoms with Gasteiger partial charge in [0.15, 0.2) is 0 Å². The molecule has 2 aromatic rings. The molecule has 1 saturated heterocycles. The van der Waals surface area contributed by atoms with Gasteiger partial charge in [0.25, 0.3) is 0 Å². The van der Waals surface area contributed by atoms with Crippen molar-refractivity contribution < 1.29 is 14.3 Å². The summed E-state index contributed by atoms with van der Waals surface area (Å²) in [6.45, 7) is 5.95. The maximum atomic E-state index is 12.8. The quantitative estimate of drug-likeness (QED) is 0.388. The minimum Gasteiger partial charge on any atom is -0.494 e. The van der Waals surface area contributed by atoms with Gasteiger partial charge in [0.05, 0.1) is 18.6 Å². The molecule has 158 valence electrons. The van der Waals surface area contributed by atoms with Gasteiger partial charge < -0.3 is 14.4 Å². The Bertz CT molecular complexity index is 715. The Morgan fingerprint density at radius 1 is 0.966 bits per heavy atom. The number of carbonyl (C=O) groups excluding carboxylic acids is 1. The Morgan fingerprint density at radius 2 is 1.59 bits per heavy atom. The predicted molar refractivity (Wildman–Crippen MR) is 122 cm³/mol. The van der Waals surface area contributed by atoms with Crippen molar-refractivity contribution in [2.45, 2.75) is 38.0 Å². The van der Waals surface area contributed by atoms with Crippen LogP contribution in [0.3, 0.4) is 0 Å². The normalized spacial score (nSPS) is 15.9. The summed E-state index contributed by atoms with van der Waals surface area (Å²) in [5, 5.41) is 0. The molecule has 0 atom stereocenters. The molecule has 0 amide bonds. The van der Waals surface area contributed by atoms with Crippen LogP contribution in [0.25, 0.3) is 0 Å². The van der Waals surface area contributed by atoms with E-state index >= 15 is 0 Å². The second-order valence-corrected chi connectivity index (χ2v) is 7.38. The Balaban J connectivity index is 0.00000300. The number of rotatable bonds is 9. The lowest BCUT2D eigenvalue weighted by Gasteiger charge is -2.40. The first kappa shape index (κ1) is 23.4. The van der Waals surface area contributed by atoms with Gasteiger partial charge in [-0.1, -0.05) is 48.5 Å². The zero-order valence-electron chi connectivity index (χ0n) is 17.2. The highest BCUT2D eigenvalue weighted by atomic mass is 79.9. The number of unbranched alkanes of at least 4 members (excludes halogenated alkanes) is 1. The van der Waals surface area contributed by atoms with E-state index in [1.54, 1.807) is 0 Å². The number of nitrogens with zero attached hydrogens (tertiary/aromatic N) is 1. The monoisotopic (exact) mass is 461 g/mol. The van der Waals surface area contributed by atoms with E-state index in [1.165, 1.54) is 0 Å². The number of para-hydroxylation sites is 1. The smallest absolute Gasteiger partial charge is 0.316 e. The van der Waals surface area contributed by atoms with Gasteiger partial charge in [0.2, 0.25) is 0 Å². The van der Waals surface area contributed by atoms with Gasteiger partial charge in [-0.3, -0.25) is 4.79 Å². The number of piperidine rings is 1. The molecule has 29 heavy (non-hydrogen) atoms. The molecule has 0 aliphatic carbocycles. The minimum atomic E-state index is -0.496. The van der Waals surface area contributed by atoms with E-state index < -0.39 is 5.41 Å². The summed E-state index contributed by atoms with van der Waals surface area (Å²) in [5.74, 6) is 0.861. The molecular weight excluding hydrogens is 430 g/mol. The van der Waals surface area contributed by atoms with Gasteiger partial charge in [-0.25, -0.2) is 0 Å².